The molecule has 0 aromatic heterocycles. The summed E-state index contributed by atoms with van der Waals surface area (Å²) in [6, 6.07) is 7.85. The van der Waals surface area contributed by atoms with E-state index in [1.165, 1.54) is 5.69 Å². The number of aliphatic carboxylic acids is 1. The number of hydrogen-bond acceptors (Lipinski definition) is 4. The number of anilines is 1. The third kappa shape index (κ3) is 5.98. The Kier molecular flexibility index (Phi) is 8.23. The Morgan fingerprint density at radius 1 is 1.29 bits per heavy atom. The van der Waals surface area contributed by atoms with Gasteiger partial charge in [0.1, 0.15) is 6.04 Å². The Morgan fingerprint density at radius 2 is 1.90 bits per heavy atom. The summed E-state index contributed by atoms with van der Waals surface area (Å²) in [5.74, 6) is 0.0778. The minimum absolute atomic E-state index is 0.472. The van der Waals surface area contributed by atoms with Crippen LogP contribution >= 0.6 is 11.8 Å². The molecule has 0 aliphatic heterocycles. The highest BCUT2D eigenvalue weighted by Crippen LogP contribution is 2.15. The molecule has 0 saturated carbocycles. The van der Waals surface area contributed by atoms with Crippen LogP contribution in [0.25, 0.3) is 0 Å². The number of carboxylic acid groups (broad SMARTS) is 1. The van der Waals surface area contributed by atoms with Crippen LogP contribution in [0.2, 0.25) is 0 Å². The van der Waals surface area contributed by atoms with Crippen molar-refractivity contribution < 1.29 is 9.90 Å². The van der Waals surface area contributed by atoms with E-state index >= 15 is 0 Å². The second kappa shape index (κ2) is 9.68. The maximum atomic E-state index is 11.2. The van der Waals surface area contributed by atoms with Crippen LogP contribution in [0.3, 0.4) is 0 Å². The highest BCUT2D eigenvalue weighted by atomic mass is 32.2. The summed E-state index contributed by atoms with van der Waals surface area (Å²) >= 11 is 1.67. The standard InChI is InChI=1S/C16H26N2O2S/c1-4-18(5-2)14-8-6-13(7-9-14)12-17-15(16(19)20)10-11-21-3/h6-9,15,17H,4-5,10-12H2,1-3H3,(H,19,20)/t15-/m1/s1. The third-order valence-electron chi connectivity index (χ3n) is 3.53. The summed E-state index contributed by atoms with van der Waals surface area (Å²) in [6.45, 7) is 6.85. The summed E-state index contributed by atoms with van der Waals surface area (Å²) in [5, 5.41) is 12.3. The van der Waals surface area contributed by atoms with E-state index in [9.17, 15) is 9.90 Å². The molecule has 0 heterocycles. The van der Waals surface area contributed by atoms with Crippen molar-refractivity contribution in [2.75, 3.05) is 30.0 Å². The maximum Gasteiger partial charge on any atom is 0.320 e. The molecule has 0 radical (unpaired) electrons. The van der Waals surface area contributed by atoms with Crippen molar-refractivity contribution in [3.05, 3.63) is 29.8 Å². The zero-order chi connectivity index (χ0) is 15.7. The summed E-state index contributed by atoms with van der Waals surface area (Å²) in [4.78, 5) is 13.5. The maximum absolute atomic E-state index is 11.2. The zero-order valence-corrected chi connectivity index (χ0v) is 13.9. The van der Waals surface area contributed by atoms with Gasteiger partial charge in [0.2, 0.25) is 0 Å². The summed E-state index contributed by atoms with van der Waals surface area (Å²) in [6.07, 6.45) is 2.64. The van der Waals surface area contributed by atoms with Crippen molar-refractivity contribution in [3.63, 3.8) is 0 Å². The quantitative estimate of drug-likeness (QED) is 0.696. The normalized spacial score (nSPS) is 12.1. The number of nitrogens with one attached hydrogen (secondary N) is 1. The Hall–Kier alpha value is -1.20. The number of carbonyl (C=O) groups is 1. The Bertz CT molecular complexity index is 419. The predicted molar refractivity (Wildman–Crippen MR) is 91.3 cm³/mol. The first kappa shape index (κ1) is 17.9. The highest BCUT2D eigenvalue weighted by molar-refractivity contribution is 7.98. The summed E-state index contributed by atoms with van der Waals surface area (Å²) in [7, 11) is 0. The second-order valence-corrected chi connectivity index (χ2v) is 5.88. The molecule has 118 valence electrons. The average Bonchev–Trinajstić information content (AvgIpc) is 2.49. The van der Waals surface area contributed by atoms with Gasteiger partial charge in [0.25, 0.3) is 0 Å². The van der Waals surface area contributed by atoms with E-state index in [4.69, 9.17) is 0 Å². The van der Waals surface area contributed by atoms with E-state index in [1.807, 2.05) is 6.26 Å². The zero-order valence-electron chi connectivity index (χ0n) is 13.1. The lowest BCUT2D eigenvalue weighted by atomic mass is 10.1. The fourth-order valence-electron chi connectivity index (χ4n) is 2.20. The van der Waals surface area contributed by atoms with E-state index in [-0.39, 0.29) is 0 Å². The van der Waals surface area contributed by atoms with Crippen molar-refractivity contribution in [1.82, 2.24) is 5.32 Å². The first-order valence-electron chi connectivity index (χ1n) is 7.41. The van der Waals surface area contributed by atoms with Crippen LogP contribution in [-0.2, 0) is 11.3 Å². The lowest BCUT2D eigenvalue weighted by molar-refractivity contribution is -0.139. The van der Waals surface area contributed by atoms with Crippen molar-refractivity contribution in [2.45, 2.75) is 32.9 Å². The predicted octanol–water partition coefficient (Wildman–Crippen LogP) is 2.83. The fraction of sp³-hybridized carbons (Fsp3) is 0.562. The van der Waals surface area contributed by atoms with Crippen LogP contribution in [0.15, 0.2) is 24.3 Å². The fourth-order valence-corrected chi connectivity index (χ4v) is 2.67. The van der Waals surface area contributed by atoms with Gasteiger partial charge in [-0.1, -0.05) is 12.1 Å². The molecule has 1 aromatic carbocycles. The molecule has 0 unspecified atom stereocenters. The van der Waals surface area contributed by atoms with Gasteiger partial charge in [0.05, 0.1) is 0 Å². The van der Waals surface area contributed by atoms with E-state index in [0.29, 0.717) is 13.0 Å². The molecule has 0 bridgehead atoms. The molecule has 1 rings (SSSR count). The van der Waals surface area contributed by atoms with Crippen LogP contribution in [0.4, 0.5) is 5.69 Å². The SMILES string of the molecule is CCN(CC)c1ccc(CN[C@H](CCSC)C(=O)O)cc1. The molecule has 0 fully saturated rings. The molecular weight excluding hydrogens is 284 g/mol. The van der Waals surface area contributed by atoms with Gasteiger partial charge < -0.3 is 15.3 Å². The minimum Gasteiger partial charge on any atom is -0.480 e. The number of rotatable bonds is 10. The van der Waals surface area contributed by atoms with Gasteiger partial charge in [-0.3, -0.25) is 4.79 Å². The van der Waals surface area contributed by atoms with Crippen molar-refractivity contribution in [3.8, 4) is 0 Å². The van der Waals surface area contributed by atoms with Gasteiger partial charge in [-0.05, 0) is 50.0 Å². The van der Waals surface area contributed by atoms with E-state index in [1.54, 1.807) is 11.8 Å². The molecule has 0 saturated heterocycles. The molecule has 21 heavy (non-hydrogen) atoms. The lowest BCUT2D eigenvalue weighted by Gasteiger charge is -2.21. The van der Waals surface area contributed by atoms with E-state index in [2.05, 4.69) is 48.3 Å². The largest absolute Gasteiger partial charge is 0.480 e. The van der Waals surface area contributed by atoms with Crippen molar-refractivity contribution in [1.29, 1.82) is 0 Å². The molecule has 0 spiro atoms. The van der Waals surface area contributed by atoms with Gasteiger partial charge in [-0.25, -0.2) is 0 Å². The number of thioether (sulfide) groups is 1. The van der Waals surface area contributed by atoms with Gasteiger partial charge in [-0.2, -0.15) is 11.8 Å². The summed E-state index contributed by atoms with van der Waals surface area (Å²) in [5.41, 5.74) is 2.32. The summed E-state index contributed by atoms with van der Waals surface area (Å²) < 4.78 is 0. The van der Waals surface area contributed by atoms with Crippen LogP contribution in [0.1, 0.15) is 25.8 Å². The first-order chi connectivity index (χ1) is 10.1. The lowest BCUT2D eigenvalue weighted by Crippen LogP contribution is -2.36. The number of carboxylic acids is 1. The first-order valence-corrected chi connectivity index (χ1v) is 8.80. The monoisotopic (exact) mass is 310 g/mol. The molecule has 1 aromatic rings. The van der Waals surface area contributed by atoms with Crippen molar-refractivity contribution >= 4 is 23.4 Å². The topological polar surface area (TPSA) is 52.6 Å². The average molecular weight is 310 g/mol. The van der Waals surface area contributed by atoms with Crippen LogP contribution in [0, 0.1) is 0 Å². The Balaban J connectivity index is 2.56. The van der Waals surface area contributed by atoms with Crippen molar-refractivity contribution in [2.24, 2.45) is 0 Å². The molecule has 2 N–H and O–H groups in total. The van der Waals surface area contributed by atoms with Crippen LogP contribution in [-0.4, -0.2) is 42.2 Å². The highest BCUT2D eigenvalue weighted by Gasteiger charge is 2.15. The van der Waals surface area contributed by atoms with Crippen LogP contribution < -0.4 is 10.2 Å². The van der Waals surface area contributed by atoms with Gasteiger partial charge in [-0.15, -0.1) is 0 Å². The van der Waals surface area contributed by atoms with Crippen LogP contribution in [0.5, 0.6) is 0 Å². The second-order valence-electron chi connectivity index (χ2n) is 4.89. The van der Waals surface area contributed by atoms with E-state index < -0.39 is 12.0 Å². The van der Waals surface area contributed by atoms with Gasteiger partial charge in [0, 0.05) is 25.3 Å². The Labute approximate surface area is 131 Å². The number of nitrogens with zero attached hydrogens (tertiary/aromatic N) is 1. The molecule has 4 nitrogen and oxygen atoms in total. The smallest absolute Gasteiger partial charge is 0.320 e. The Morgan fingerprint density at radius 3 is 2.38 bits per heavy atom. The molecule has 5 heteroatoms. The molecule has 0 aliphatic carbocycles. The third-order valence-corrected chi connectivity index (χ3v) is 4.17. The number of hydrogen-bond donors (Lipinski definition) is 2. The minimum atomic E-state index is -0.774. The molecular formula is C16H26N2O2S. The number of benzene rings is 1. The molecule has 0 aliphatic rings. The van der Waals surface area contributed by atoms with Gasteiger partial charge in [0.15, 0.2) is 0 Å². The molecule has 1 atom stereocenters. The van der Waals surface area contributed by atoms with E-state index in [0.717, 1.165) is 24.4 Å². The van der Waals surface area contributed by atoms with Gasteiger partial charge >= 0.3 is 5.97 Å². The molecule has 0 amide bonds.